The van der Waals surface area contributed by atoms with Crippen LogP contribution < -0.4 is 4.74 Å². The molecule has 5 nitrogen and oxygen atoms in total. The molecular formula is C17H17N3O2. The van der Waals surface area contributed by atoms with Gasteiger partial charge < -0.3 is 9.64 Å². The summed E-state index contributed by atoms with van der Waals surface area (Å²) < 4.78 is 5.63. The van der Waals surface area contributed by atoms with E-state index in [4.69, 9.17) is 10.00 Å². The number of aromatic nitrogens is 1. The maximum Gasteiger partial charge on any atom is 0.263 e. The van der Waals surface area contributed by atoms with Crippen LogP contribution in [0.3, 0.4) is 0 Å². The fourth-order valence-corrected chi connectivity index (χ4v) is 2.06. The molecule has 2 rings (SSSR count). The zero-order chi connectivity index (χ0) is 15.9. The summed E-state index contributed by atoms with van der Waals surface area (Å²) in [4.78, 5) is 18.0. The average molecular weight is 295 g/mol. The van der Waals surface area contributed by atoms with Gasteiger partial charge in [-0.1, -0.05) is 18.2 Å². The Hall–Kier alpha value is -2.87. The Morgan fingerprint density at radius 2 is 2.14 bits per heavy atom. The van der Waals surface area contributed by atoms with Gasteiger partial charge in [0.15, 0.2) is 6.10 Å². The van der Waals surface area contributed by atoms with Gasteiger partial charge in [0.25, 0.3) is 5.91 Å². The number of hydrogen-bond acceptors (Lipinski definition) is 4. The molecule has 1 aromatic carbocycles. The maximum absolute atomic E-state index is 12.3. The number of nitriles is 1. The minimum atomic E-state index is -0.670. The molecule has 1 atom stereocenters. The SMILES string of the molecule is CC(Oc1ccccc1C#N)C(=O)N(C)Cc1cccnc1. The van der Waals surface area contributed by atoms with E-state index in [9.17, 15) is 4.79 Å². The van der Waals surface area contributed by atoms with E-state index in [1.54, 1.807) is 55.5 Å². The number of amides is 1. The predicted octanol–water partition coefficient (Wildman–Crippen LogP) is 2.38. The van der Waals surface area contributed by atoms with Crippen molar-refractivity contribution < 1.29 is 9.53 Å². The van der Waals surface area contributed by atoms with Gasteiger partial charge in [-0.3, -0.25) is 9.78 Å². The summed E-state index contributed by atoms with van der Waals surface area (Å²) in [5.74, 6) is 0.261. The molecule has 0 radical (unpaired) electrons. The molecule has 1 aromatic heterocycles. The summed E-state index contributed by atoms with van der Waals surface area (Å²) in [7, 11) is 1.71. The highest BCUT2D eigenvalue weighted by molar-refractivity contribution is 5.80. The van der Waals surface area contributed by atoms with Gasteiger partial charge in [-0.05, 0) is 30.7 Å². The molecule has 0 bridgehead atoms. The number of carbonyl (C=O) groups excluding carboxylic acids is 1. The molecule has 0 fully saturated rings. The number of pyridine rings is 1. The van der Waals surface area contributed by atoms with Gasteiger partial charge in [-0.15, -0.1) is 0 Å². The Labute approximate surface area is 129 Å². The largest absolute Gasteiger partial charge is 0.480 e. The number of nitrogens with zero attached hydrogens (tertiary/aromatic N) is 3. The fourth-order valence-electron chi connectivity index (χ4n) is 2.06. The summed E-state index contributed by atoms with van der Waals surface area (Å²) >= 11 is 0. The molecule has 0 aliphatic carbocycles. The van der Waals surface area contributed by atoms with Crippen LogP contribution in [0.5, 0.6) is 5.75 Å². The lowest BCUT2D eigenvalue weighted by Gasteiger charge is -2.22. The normalized spacial score (nSPS) is 11.3. The van der Waals surface area contributed by atoms with Crippen LogP contribution in [0.1, 0.15) is 18.1 Å². The third kappa shape index (κ3) is 3.83. The van der Waals surface area contributed by atoms with E-state index >= 15 is 0 Å². The summed E-state index contributed by atoms with van der Waals surface area (Å²) in [5, 5.41) is 9.04. The van der Waals surface area contributed by atoms with Crippen LogP contribution >= 0.6 is 0 Å². The molecule has 5 heteroatoms. The molecule has 0 spiro atoms. The second-order valence-corrected chi connectivity index (χ2v) is 4.92. The minimum absolute atomic E-state index is 0.156. The molecule has 1 amide bonds. The van der Waals surface area contributed by atoms with Crippen LogP contribution in [0.15, 0.2) is 48.8 Å². The van der Waals surface area contributed by atoms with E-state index in [1.807, 2.05) is 12.1 Å². The van der Waals surface area contributed by atoms with Crippen LogP contribution in [0.25, 0.3) is 0 Å². The van der Waals surface area contributed by atoms with Gasteiger partial charge in [0, 0.05) is 26.0 Å². The molecular weight excluding hydrogens is 278 g/mol. The first kappa shape index (κ1) is 15.5. The van der Waals surface area contributed by atoms with Crippen molar-refractivity contribution in [2.45, 2.75) is 19.6 Å². The Balaban J connectivity index is 2.01. The van der Waals surface area contributed by atoms with Crippen molar-refractivity contribution in [3.05, 3.63) is 59.9 Å². The molecule has 22 heavy (non-hydrogen) atoms. The van der Waals surface area contributed by atoms with E-state index in [-0.39, 0.29) is 5.91 Å². The van der Waals surface area contributed by atoms with Gasteiger partial charge in [0.05, 0.1) is 5.56 Å². The quantitative estimate of drug-likeness (QED) is 0.849. The number of likely N-dealkylation sites (N-methyl/N-ethyl adjacent to an activating group) is 1. The Morgan fingerprint density at radius 1 is 1.36 bits per heavy atom. The second-order valence-electron chi connectivity index (χ2n) is 4.92. The second kappa shape index (κ2) is 7.23. The van der Waals surface area contributed by atoms with Crippen molar-refractivity contribution in [2.24, 2.45) is 0 Å². The van der Waals surface area contributed by atoms with Crippen LogP contribution in [-0.2, 0) is 11.3 Å². The standard InChI is InChI=1S/C17H17N3O2/c1-13(22-16-8-4-3-7-15(16)10-18)17(21)20(2)12-14-6-5-9-19-11-14/h3-9,11,13H,12H2,1-2H3. The molecule has 0 aliphatic rings. The molecule has 1 heterocycles. The molecule has 0 saturated carbocycles. The first-order valence-electron chi connectivity index (χ1n) is 6.91. The zero-order valence-corrected chi connectivity index (χ0v) is 12.6. The van der Waals surface area contributed by atoms with E-state index in [0.29, 0.717) is 17.9 Å². The highest BCUT2D eigenvalue weighted by Crippen LogP contribution is 2.18. The Morgan fingerprint density at radius 3 is 2.82 bits per heavy atom. The van der Waals surface area contributed by atoms with E-state index in [1.165, 1.54) is 0 Å². The van der Waals surface area contributed by atoms with Crippen LogP contribution in [0, 0.1) is 11.3 Å². The van der Waals surface area contributed by atoms with Gasteiger partial charge >= 0.3 is 0 Å². The zero-order valence-electron chi connectivity index (χ0n) is 12.6. The van der Waals surface area contributed by atoms with Crippen molar-refractivity contribution in [3.8, 4) is 11.8 Å². The van der Waals surface area contributed by atoms with Crippen molar-refractivity contribution in [1.82, 2.24) is 9.88 Å². The van der Waals surface area contributed by atoms with E-state index < -0.39 is 6.10 Å². The van der Waals surface area contributed by atoms with Crippen LogP contribution in [0.4, 0.5) is 0 Å². The highest BCUT2D eigenvalue weighted by atomic mass is 16.5. The third-order valence-electron chi connectivity index (χ3n) is 3.18. The summed E-state index contributed by atoms with van der Waals surface area (Å²) in [6.45, 7) is 2.14. The smallest absolute Gasteiger partial charge is 0.263 e. The number of ether oxygens (including phenoxy) is 1. The van der Waals surface area contributed by atoms with Crippen molar-refractivity contribution in [1.29, 1.82) is 5.26 Å². The Bertz CT molecular complexity index is 680. The number of rotatable bonds is 5. The summed E-state index contributed by atoms with van der Waals surface area (Å²) in [6.07, 6.45) is 2.74. The van der Waals surface area contributed by atoms with Crippen LogP contribution in [0.2, 0.25) is 0 Å². The lowest BCUT2D eigenvalue weighted by Crippen LogP contribution is -2.37. The van der Waals surface area contributed by atoms with Crippen molar-refractivity contribution in [2.75, 3.05) is 7.05 Å². The topological polar surface area (TPSA) is 66.2 Å². The highest BCUT2D eigenvalue weighted by Gasteiger charge is 2.20. The maximum atomic E-state index is 12.3. The number of hydrogen-bond donors (Lipinski definition) is 0. The summed E-state index contributed by atoms with van der Waals surface area (Å²) in [6, 6.07) is 12.7. The average Bonchev–Trinajstić information content (AvgIpc) is 2.55. The van der Waals surface area contributed by atoms with Crippen molar-refractivity contribution >= 4 is 5.91 Å². The number of benzene rings is 1. The van der Waals surface area contributed by atoms with Gasteiger partial charge in [-0.25, -0.2) is 0 Å². The number of para-hydroxylation sites is 1. The predicted molar refractivity (Wildman–Crippen MR) is 82.0 cm³/mol. The lowest BCUT2D eigenvalue weighted by molar-refractivity contribution is -0.137. The molecule has 1 unspecified atom stereocenters. The molecule has 0 N–H and O–H groups in total. The molecule has 0 aliphatic heterocycles. The summed E-state index contributed by atoms with van der Waals surface area (Å²) in [5.41, 5.74) is 1.36. The fraction of sp³-hybridized carbons (Fsp3) is 0.235. The Kier molecular flexibility index (Phi) is 5.10. The first-order chi connectivity index (χ1) is 10.6. The van der Waals surface area contributed by atoms with Crippen LogP contribution in [-0.4, -0.2) is 28.9 Å². The van der Waals surface area contributed by atoms with E-state index in [0.717, 1.165) is 5.56 Å². The molecule has 112 valence electrons. The monoisotopic (exact) mass is 295 g/mol. The lowest BCUT2D eigenvalue weighted by atomic mass is 10.2. The third-order valence-corrected chi connectivity index (χ3v) is 3.18. The number of carbonyl (C=O) groups is 1. The van der Waals surface area contributed by atoms with E-state index in [2.05, 4.69) is 11.1 Å². The van der Waals surface area contributed by atoms with Gasteiger partial charge in [0.2, 0.25) is 0 Å². The first-order valence-corrected chi connectivity index (χ1v) is 6.91. The molecule has 0 saturated heterocycles. The van der Waals surface area contributed by atoms with Gasteiger partial charge in [-0.2, -0.15) is 5.26 Å². The molecule has 2 aromatic rings. The van der Waals surface area contributed by atoms with Crippen molar-refractivity contribution in [3.63, 3.8) is 0 Å². The minimum Gasteiger partial charge on any atom is -0.480 e. The van der Waals surface area contributed by atoms with Gasteiger partial charge in [0.1, 0.15) is 11.8 Å².